The Hall–Kier alpha value is -1.68. The van der Waals surface area contributed by atoms with Gasteiger partial charge in [-0.1, -0.05) is 6.07 Å². The Morgan fingerprint density at radius 2 is 1.94 bits per heavy atom. The first-order chi connectivity index (χ1) is 8.00. The van der Waals surface area contributed by atoms with E-state index in [0.717, 1.165) is 0 Å². The highest BCUT2D eigenvalue weighted by Crippen LogP contribution is 2.27. The molecule has 2 nitrogen and oxygen atoms in total. The predicted octanol–water partition coefficient (Wildman–Crippen LogP) is 3.22. The van der Waals surface area contributed by atoms with E-state index in [1.807, 2.05) is 0 Å². The molecule has 1 aromatic heterocycles. The van der Waals surface area contributed by atoms with Crippen molar-refractivity contribution >= 4 is 0 Å². The molecule has 1 aromatic carbocycles. The fourth-order valence-electron chi connectivity index (χ4n) is 1.76. The molecule has 1 heterocycles. The SMILES string of the molecule is Cc1cc(C(N)c2c(F)ccc(C)c2F)co1. The summed E-state index contributed by atoms with van der Waals surface area (Å²) in [7, 11) is 0. The lowest BCUT2D eigenvalue weighted by Crippen LogP contribution is -2.15. The van der Waals surface area contributed by atoms with Crippen molar-refractivity contribution in [1.82, 2.24) is 0 Å². The molecule has 0 saturated carbocycles. The van der Waals surface area contributed by atoms with Crippen LogP contribution in [0.25, 0.3) is 0 Å². The molecule has 17 heavy (non-hydrogen) atoms. The molecule has 1 unspecified atom stereocenters. The van der Waals surface area contributed by atoms with Gasteiger partial charge in [0, 0.05) is 11.1 Å². The molecule has 0 spiro atoms. The first-order valence-corrected chi connectivity index (χ1v) is 5.26. The Balaban J connectivity index is 2.50. The van der Waals surface area contributed by atoms with Gasteiger partial charge in [-0.2, -0.15) is 0 Å². The van der Waals surface area contributed by atoms with E-state index in [2.05, 4.69) is 0 Å². The monoisotopic (exact) mass is 237 g/mol. The maximum absolute atomic E-state index is 13.9. The molecule has 0 saturated heterocycles. The third-order valence-electron chi connectivity index (χ3n) is 2.74. The van der Waals surface area contributed by atoms with Crippen LogP contribution in [0.1, 0.15) is 28.5 Å². The average molecular weight is 237 g/mol. The maximum atomic E-state index is 13.9. The largest absolute Gasteiger partial charge is 0.469 e. The fourth-order valence-corrected chi connectivity index (χ4v) is 1.76. The highest BCUT2D eigenvalue weighted by molar-refractivity contribution is 5.35. The first kappa shape index (κ1) is 11.8. The smallest absolute Gasteiger partial charge is 0.134 e. The number of hydrogen-bond donors (Lipinski definition) is 1. The van der Waals surface area contributed by atoms with Crippen molar-refractivity contribution < 1.29 is 13.2 Å². The summed E-state index contributed by atoms with van der Waals surface area (Å²) in [5.74, 6) is -0.584. The van der Waals surface area contributed by atoms with Crippen LogP contribution in [-0.4, -0.2) is 0 Å². The third kappa shape index (κ3) is 2.08. The van der Waals surface area contributed by atoms with Gasteiger partial charge in [0.15, 0.2) is 0 Å². The Kier molecular flexibility index (Phi) is 2.98. The second kappa shape index (κ2) is 4.30. The van der Waals surface area contributed by atoms with Crippen LogP contribution in [0.5, 0.6) is 0 Å². The molecule has 2 aromatic rings. The molecule has 90 valence electrons. The van der Waals surface area contributed by atoms with E-state index in [9.17, 15) is 8.78 Å². The Labute approximate surface area is 98.0 Å². The van der Waals surface area contributed by atoms with Crippen molar-refractivity contribution in [2.24, 2.45) is 5.73 Å². The summed E-state index contributed by atoms with van der Waals surface area (Å²) < 4.78 is 32.6. The van der Waals surface area contributed by atoms with Crippen molar-refractivity contribution in [2.75, 3.05) is 0 Å². The van der Waals surface area contributed by atoms with Gasteiger partial charge in [-0.05, 0) is 31.5 Å². The van der Waals surface area contributed by atoms with E-state index in [1.54, 1.807) is 19.9 Å². The third-order valence-corrected chi connectivity index (χ3v) is 2.74. The number of rotatable bonds is 2. The molecule has 0 aliphatic carbocycles. The summed E-state index contributed by atoms with van der Waals surface area (Å²) in [5, 5.41) is 0. The minimum Gasteiger partial charge on any atom is -0.469 e. The van der Waals surface area contributed by atoms with Gasteiger partial charge in [0.2, 0.25) is 0 Å². The van der Waals surface area contributed by atoms with Crippen LogP contribution in [0.15, 0.2) is 28.9 Å². The van der Waals surface area contributed by atoms with Crippen molar-refractivity contribution in [3.05, 3.63) is 58.5 Å². The molecule has 0 amide bonds. The van der Waals surface area contributed by atoms with Gasteiger partial charge in [-0.15, -0.1) is 0 Å². The van der Waals surface area contributed by atoms with Gasteiger partial charge in [-0.25, -0.2) is 8.78 Å². The zero-order valence-corrected chi connectivity index (χ0v) is 9.63. The van der Waals surface area contributed by atoms with Gasteiger partial charge in [-0.3, -0.25) is 0 Å². The van der Waals surface area contributed by atoms with Crippen molar-refractivity contribution in [3.8, 4) is 0 Å². The summed E-state index contributed by atoms with van der Waals surface area (Å²) in [5.41, 5.74) is 6.67. The van der Waals surface area contributed by atoms with E-state index < -0.39 is 17.7 Å². The molecule has 0 fully saturated rings. The van der Waals surface area contributed by atoms with E-state index in [-0.39, 0.29) is 5.56 Å². The zero-order valence-electron chi connectivity index (χ0n) is 9.63. The minimum atomic E-state index is -0.854. The van der Waals surface area contributed by atoms with Crippen LogP contribution in [0.4, 0.5) is 8.78 Å². The molecule has 1 atom stereocenters. The van der Waals surface area contributed by atoms with Crippen LogP contribution in [0, 0.1) is 25.5 Å². The summed E-state index contributed by atoms with van der Waals surface area (Å²) in [4.78, 5) is 0. The first-order valence-electron chi connectivity index (χ1n) is 5.26. The van der Waals surface area contributed by atoms with E-state index in [4.69, 9.17) is 10.2 Å². The van der Waals surface area contributed by atoms with Gasteiger partial charge >= 0.3 is 0 Å². The van der Waals surface area contributed by atoms with Gasteiger partial charge in [0.25, 0.3) is 0 Å². The second-order valence-corrected chi connectivity index (χ2v) is 4.06. The summed E-state index contributed by atoms with van der Waals surface area (Å²) >= 11 is 0. The quantitative estimate of drug-likeness (QED) is 0.871. The summed E-state index contributed by atoms with van der Waals surface area (Å²) in [6.07, 6.45) is 1.42. The number of hydrogen-bond acceptors (Lipinski definition) is 2. The van der Waals surface area contributed by atoms with Crippen LogP contribution < -0.4 is 5.73 Å². The lowest BCUT2D eigenvalue weighted by atomic mass is 9.98. The number of furan rings is 1. The highest BCUT2D eigenvalue weighted by Gasteiger charge is 2.21. The molecule has 0 aliphatic heterocycles. The highest BCUT2D eigenvalue weighted by atomic mass is 19.1. The van der Waals surface area contributed by atoms with E-state index in [1.165, 1.54) is 18.4 Å². The molecule has 2 rings (SSSR count). The van der Waals surface area contributed by atoms with Gasteiger partial charge in [0.1, 0.15) is 17.4 Å². The molecule has 4 heteroatoms. The summed E-state index contributed by atoms with van der Waals surface area (Å²) in [6.45, 7) is 3.32. The van der Waals surface area contributed by atoms with Crippen molar-refractivity contribution in [2.45, 2.75) is 19.9 Å². The fraction of sp³-hybridized carbons (Fsp3) is 0.231. The average Bonchev–Trinajstić information content (AvgIpc) is 2.71. The second-order valence-electron chi connectivity index (χ2n) is 4.06. The lowest BCUT2D eigenvalue weighted by Gasteiger charge is -2.13. The van der Waals surface area contributed by atoms with Crippen LogP contribution in [-0.2, 0) is 0 Å². The molecular weight excluding hydrogens is 224 g/mol. The Bertz CT molecular complexity index is 548. The Morgan fingerprint density at radius 3 is 2.53 bits per heavy atom. The zero-order chi connectivity index (χ0) is 12.6. The summed E-state index contributed by atoms with van der Waals surface area (Å²) in [6, 6.07) is 3.43. The van der Waals surface area contributed by atoms with Crippen molar-refractivity contribution in [1.29, 1.82) is 0 Å². The number of halogens is 2. The Morgan fingerprint density at radius 1 is 1.24 bits per heavy atom. The normalized spacial score (nSPS) is 12.8. The molecule has 0 aliphatic rings. The van der Waals surface area contributed by atoms with Gasteiger partial charge in [0.05, 0.1) is 12.3 Å². The lowest BCUT2D eigenvalue weighted by molar-refractivity contribution is 0.522. The van der Waals surface area contributed by atoms with Crippen LogP contribution >= 0.6 is 0 Å². The van der Waals surface area contributed by atoms with Gasteiger partial charge < -0.3 is 10.2 Å². The van der Waals surface area contributed by atoms with E-state index in [0.29, 0.717) is 16.9 Å². The minimum absolute atomic E-state index is 0.120. The molecular formula is C13H13F2NO. The van der Waals surface area contributed by atoms with Crippen molar-refractivity contribution in [3.63, 3.8) is 0 Å². The standard InChI is InChI=1S/C13H13F2NO/c1-7-3-4-10(14)11(12(7)15)13(16)9-5-8(2)17-6-9/h3-6,13H,16H2,1-2H3. The van der Waals surface area contributed by atoms with Crippen LogP contribution in [0.3, 0.4) is 0 Å². The maximum Gasteiger partial charge on any atom is 0.134 e. The predicted molar refractivity (Wildman–Crippen MR) is 60.6 cm³/mol. The number of nitrogens with two attached hydrogens (primary N) is 1. The van der Waals surface area contributed by atoms with E-state index >= 15 is 0 Å². The number of benzene rings is 1. The topological polar surface area (TPSA) is 39.2 Å². The molecule has 0 bridgehead atoms. The molecule has 0 radical (unpaired) electrons. The molecule has 2 N–H and O–H groups in total. The number of aryl methyl sites for hydroxylation is 2. The van der Waals surface area contributed by atoms with Crippen LogP contribution in [0.2, 0.25) is 0 Å².